The first-order valence-electron chi connectivity index (χ1n) is 8.74. The summed E-state index contributed by atoms with van der Waals surface area (Å²) in [5.74, 6) is -0.169. The highest BCUT2D eigenvalue weighted by atomic mass is 16.6. The van der Waals surface area contributed by atoms with Crippen LogP contribution in [0.2, 0.25) is 0 Å². The van der Waals surface area contributed by atoms with E-state index in [0.29, 0.717) is 37.4 Å². The van der Waals surface area contributed by atoms with Crippen LogP contribution in [0.4, 0.5) is 10.5 Å². The fraction of sp³-hybridized carbons (Fsp3) is 0.421. The van der Waals surface area contributed by atoms with Crippen molar-refractivity contribution in [1.29, 1.82) is 10.5 Å². The van der Waals surface area contributed by atoms with E-state index in [9.17, 15) is 9.59 Å². The number of amides is 2. The summed E-state index contributed by atoms with van der Waals surface area (Å²) < 4.78 is 5.35. The second-order valence-electron chi connectivity index (χ2n) is 7.14. The van der Waals surface area contributed by atoms with Crippen LogP contribution >= 0.6 is 0 Å². The van der Waals surface area contributed by atoms with Gasteiger partial charge in [-0.25, -0.2) is 4.79 Å². The van der Waals surface area contributed by atoms with Crippen molar-refractivity contribution in [3.05, 3.63) is 29.8 Å². The maximum atomic E-state index is 12.7. The molecule has 0 spiro atoms. The first kappa shape index (κ1) is 20.7. The van der Waals surface area contributed by atoms with Crippen LogP contribution in [-0.4, -0.2) is 59.3 Å². The van der Waals surface area contributed by atoms with Gasteiger partial charge in [-0.2, -0.15) is 15.6 Å². The summed E-state index contributed by atoms with van der Waals surface area (Å²) in [5.41, 5.74) is 2.66. The molecule has 0 aliphatic carbocycles. The molecule has 1 aromatic carbocycles. The molecule has 2 rings (SSSR count). The number of anilines is 1. The lowest BCUT2D eigenvalue weighted by molar-refractivity contribution is 0.0141. The Labute approximate surface area is 163 Å². The molecule has 1 aromatic rings. The molecule has 0 atom stereocenters. The number of hydrogen-bond acceptors (Lipinski definition) is 7. The third-order valence-electron chi connectivity index (χ3n) is 3.84. The lowest BCUT2D eigenvalue weighted by Crippen LogP contribution is -2.51. The zero-order valence-corrected chi connectivity index (χ0v) is 16.1. The van der Waals surface area contributed by atoms with Gasteiger partial charge in [0.15, 0.2) is 0 Å². The molecule has 9 nitrogen and oxygen atoms in total. The Balaban J connectivity index is 1.98. The van der Waals surface area contributed by atoms with Crippen LogP contribution in [0.3, 0.4) is 0 Å². The van der Waals surface area contributed by atoms with E-state index in [1.165, 1.54) is 0 Å². The van der Waals surface area contributed by atoms with Gasteiger partial charge in [0.25, 0.3) is 5.91 Å². The Morgan fingerprint density at radius 3 is 2.29 bits per heavy atom. The normalized spacial score (nSPS) is 13.8. The standard InChI is InChI=1S/C19H22N6O3/c1-19(2,3)28-18(27)25-9-7-24(8-10-25)17(26)14-5-4-6-15(11-14)22-23-16(12-20)13-21/h4-6,11,22H,7-10H2,1-3H3. The first-order valence-corrected chi connectivity index (χ1v) is 8.74. The summed E-state index contributed by atoms with van der Waals surface area (Å²) in [7, 11) is 0. The highest BCUT2D eigenvalue weighted by Gasteiger charge is 2.28. The zero-order valence-electron chi connectivity index (χ0n) is 16.1. The van der Waals surface area contributed by atoms with Crippen molar-refractivity contribution in [3.8, 4) is 12.1 Å². The van der Waals surface area contributed by atoms with Gasteiger partial charge in [0.05, 0.1) is 5.69 Å². The largest absolute Gasteiger partial charge is 0.444 e. The Morgan fingerprint density at radius 1 is 1.11 bits per heavy atom. The van der Waals surface area contributed by atoms with Crippen molar-refractivity contribution < 1.29 is 14.3 Å². The smallest absolute Gasteiger partial charge is 0.410 e. The molecule has 0 unspecified atom stereocenters. The number of rotatable bonds is 3. The molecule has 1 N–H and O–H groups in total. The third-order valence-corrected chi connectivity index (χ3v) is 3.84. The lowest BCUT2D eigenvalue weighted by Gasteiger charge is -2.35. The second kappa shape index (κ2) is 8.87. The zero-order chi connectivity index (χ0) is 20.7. The van der Waals surface area contributed by atoms with Crippen LogP contribution in [0, 0.1) is 22.7 Å². The number of nitriles is 2. The van der Waals surface area contributed by atoms with E-state index in [2.05, 4.69) is 10.5 Å². The number of hydrazone groups is 1. The minimum atomic E-state index is -0.559. The van der Waals surface area contributed by atoms with Crippen molar-refractivity contribution in [2.24, 2.45) is 5.10 Å². The van der Waals surface area contributed by atoms with Crippen LogP contribution in [0.5, 0.6) is 0 Å². The maximum Gasteiger partial charge on any atom is 0.410 e. The minimum absolute atomic E-state index is 0.169. The summed E-state index contributed by atoms with van der Waals surface area (Å²) in [6.45, 7) is 7.04. The Bertz CT molecular complexity index is 836. The molecule has 0 radical (unpaired) electrons. The van der Waals surface area contributed by atoms with Gasteiger partial charge in [-0.3, -0.25) is 10.2 Å². The SMILES string of the molecule is CC(C)(C)OC(=O)N1CCN(C(=O)c2cccc(NN=C(C#N)C#N)c2)CC1. The van der Waals surface area contributed by atoms with E-state index in [4.69, 9.17) is 15.3 Å². The predicted octanol–water partition coefficient (Wildman–Crippen LogP) is 2.19. The summed E-state index contributed by atoms with van der Waals surface area (Å²) in [5, 5.41) is 21.1. The molecule has 1 aliphatic rings. The monoisotopic (exact) mass is 382 g/mol. The summed E-state index contributed by atoms with van der Waals surface area (Å²) in [6, 6.07) is 9.92. The molecule has 146 valence electrons. The van der Waals surface area contributed by atoms with E-state index in [-0.39, 0.29) is 17.7 Å². The number of nitrogens with one attached hydrogen (secondary N) is 1. The average Bonchev–Trinajstić information content (AvgIpc) is 2.67. The topological polar surface area (TPSA) is 122 Å². The predicted molar refractivity (Wildman–Crippen MR) is 102 cm³/mol. The number of carbonyl (C=O) groups excluding carboxylic acids is 2. The van der Waals surface area contributed by atoms with Crippen LogP contribution in [0.15, 0.2) is 29.4 Å². The van der Waals surface area contributed by atoms with E-state index < -0.39 is 5.60 Å². The van der Waals surface area contributed by atoms with Crippen LogP contribution in [0.25, 0.3) is 0 Å². The van der Waals surface area contributed by atoms with Gasteiger partial charge in [0.2, 0.25) is 5.71 Å². The molecule has 1 fully saturated rings. The second-order valence-corrected chi connectivity index (χ2v) is 7.14. The van der Waals surface area contributed by atoms with Gasteiger partial charge in [-0.15, -0.1) is 0 Å². The molecule has 28 heavy (non-hydrogen) atoms. The number of benzene rings is 1. The minimum Gasteiger partial charge on any atom is -0.444 e. The van der Waals surface area contributed by atoms with E-state index >= 15 is 0 Å². The van der Waals surface area contributed by atoms with Gasteiger partial charge in [0.1, 0.15) is 17.7 Å². The first-order chi connectivity index (χ1) is 13.2. The Kier molecular flexibility index (Phi) is 6.56. The molecule has 2 amide bonds. The average molecular weight is 382 g/mol. The van der Waals surface area contributed by atoms with E-state index in [0.717, 1.165) is 0 Å². The van der Waals surface area contributed by atoms with Crippen molar-refractivity contribution in [1.82, 2.24) is 9.80 Å². The van der Waals surface area contributed by atoms with Gasteiger partial charge in [0, 0.05) is 31.7 Å². The lowest BCUT2D eigenvalue weighted by atomic mass is 10.1. The molecule has 0 saturated carbocycles. The number of piperazine rings is 1. The number of nitrogens with zero attached hydrogens (tertiary/aromatic N) is 5. The van der Waals surface area contributed by atoms with Crippen molar-refractivity contribution >= 4 is 23.4 Å². The Hall–Kier alpha value is -3.59. The fourth-order valence-electron chi connectivity index (χ4n) is 2.52. The van der Waals surface area contributed by atoms with E-state index in [1.54, 1.807) is 46.2 Å². The van der Waals surface area contributed by atoms with Gasteiger partial charge < -0.3 is 14.5 Å². The van der Waals surface area contributed by atoms with Crippen molar-refractivity contribution in [2.75, 3.05) is 31.6 Å². The Morgan fingerprint density at radius 2 is 1.71 bits per heavy atom. The summed E-state index contributed by atoms with van der Waals surface area (Å²) in [6.07, 6.45) is -0.380. The van der Waals surface area contributed by atoms with Crippen molar-refractivity contribution in [2.45, 2.75) is 26.4 Å². The molecule has 9 heteroatoms. The number of ether oxygens (including phenoxy) is 1. The van der Waals surface area contributed by atoms with Crippen molar-refractivity contribution in [3.63, 3.8) is 0 Å². The van der Waals surface area contributed by atoms with Crippen LogP contribution in [0.1, 0.15) is 31.1 Å². The van der Waals surface area contributed by atoms with Gasteiger partial charge in [-0.05, 0) is 39.0 Å². The fourth-order valence-corrected chi connectivity index (χ4v) is 2.52. The molecule has 1 saturated heterocycles. The highest BCUT2D eigenvalue weighted by Crippen LogP contribution is 2.16. The van der Waals surface area contributed by atoms with Gasteiger partial charge >= 0.3 is 6.09 Å². The molecule has 1 heterocycles. The quantitative estimate of drug-likeness (QED) is 0.632. The molecule has 1 aliphatic heterocycles. The molecular formula is C19H22N6O3. The van der Waals surface area contributed by atoms with Gasteiger partial charge in [-0.1, -0.05) is 6.07 Å². The molecular weight excluding hydrogens is 360 g/mol. The number of carbonyl (C=O) groups is 2. The van der Waals surface area contributed by atoms with Crippen LogP contribution < -0.4 is 5.43 Å². The number of hydrogen-bond donors (Lipinski definition) is 1. The van der Waals surface area contributed by atoms with E-state index in [1.807, 2.05) is 20.8 Å². The third kappa shape index (κ3) is 5.71. The maximum absolute atomic E-state index is 12.7. The molecule has 0 aromatic heterocycles. The highest BCUT2D eigenvalue weighted by molar-refractivity contribution is 6.10. The summed E-state index contributed by atoms with van der Waals surface area (Å²) >= 11 is 0. The summed E-state index contributed by atoms with van der Waals surface area (Å²) in [4.78, 5) is 28.1. The van der Waals surface area contributed by atoms with Crippen LogP contribution in [-0.2, 0) is 4.74 Å². The molecule has 0 bridgehead atoms.